The zero-order valence-corrected chi connectivity index (χ0v) is 29.2. The topological polar surface area (TPSA) is 96.0 Å². The number of hydrogen-bond donors (Lipinski definition) is 1. The Morgan fingerprint density at radius 1 is 0.875 bits per heavy atom. The number of hydrogen-bond acceptors (Lipinski definition) is 5. The molecule has 0 bridgehead atoms. The van der Waals surface area contributed by atoms with E-state index in [1.54, 1.807) is 18.2 Å². The number of nitrogens with one attached hydrogen (secondary N) is 1. The number of sulfonamides is 1. The summed E-state index contributed by atoms with van der Waals surface area (Å²) in [4.78, 5) is 29.7. The first-order valence-corrected chi connectivity index (χ1v) is 17.7. The Bertz CT molecular complexity index is 1770. The molecule has 0 aliphatic rings. The molecule has 0 unspecified atom stereocenters. The summed E-state index contributed by atoms with van der Waals surface area (Å²) in [5.41, 5.74) is 1.23. The standard InChI is InChI=1S/C36H38Cl2FN3O5S/c1-4-25(3)40-36(44)34(22-26-10-7-6-8-11-26)41(23-31-32(37)12-9-13-33(31)38)35(43)24-42(28-16-14-27(39)15-17-28)48(45,46)30-20-18-29(19-21-30)47-5-2/h6-21,25,34H,4-5,22-24H2,1-3H3,(H,40,44)/t25-,34+/m0/s1. The molecule has 2 amide bonds. The number of ether oxygens (including phenoxy) is 1. The van der Waals surface area contributed by atoms with Crippen molar-refractivity contribution in [3.8, 4) is 5.75 Å². The van der Waals surface area contributed by atoms with Gasteiger partial charge in [0.15, 0.2) is 0 Å². The lowest BCUT2D eigenvalue weighted by Gasteiger charge is -2.34. The maximum absolute atomic E-state index is 14.6. The summed E-state index contributed by atoms with van der Waals surface area (Å²) >= 11 is 13.1. The van der Waals surface area contributed by atoms with E-state index >= 15 is 0 Å². The molecule has 0 aliphatic carbocycles. The van der Waals surface area contributed by atoms with Gasteiger partial charge in [0.05, 0.1) is 17.2 Å². The molecule has 4 aromatic carbocycles. The quantitative estimate of drug-likeness (QED) is 0.140. The lowest BCUT2D eigenvalue weighted by molar-refractivity contribution is -0.140. The molecule has 12 heteroatoms. The molecule has 0 radical (unpaired) electrons. The first-order valence-electron chi connectivity index (χ1n) is 15.5. The van der Waals surface area contributed by atoms with Crippen LogP contribution in [0.2, 0.25) is 10.0 Å². The van der Waals surface area contributed by atoms with Crippen molar-refractivity contribution in [2.24, 2.45) is 0 Å². The van der Waals surface area contributed by atoms with Gasteiger partial charge in [-0.2, -0.15) is 0 Å². The Morgan fingerprint density at radius 3 is 2.08 bits per heavy atom. The van der Waals surface area contributed by atoms with E-state index in [9.17, 15) is 22.4 Å². The van der Waals surface area contributed by atoms with Crippen LogP contribution in [0.1, 0.15) is 38.3 Å². The van der Waals surface area contributed by atoms with Crippen molar-refractivity contribution in [2.75, 3.05) is 17.5 Å². The highest BCUT2D eigenvalue weighted by Crippen LogP contribution is 2.29. The van der Waals surface area contributed by atoms with Crippen LogP contribution < -0.4 is 14.4 Å². The third-order valence-electron chi connectivity index (χ3n) is 7.78. The predicted molar refractivity (Wildman–Crippen MR) is 187 cm³/mol. The minimum Gasteiger partial charge on any atom is -0.494 e. The Hall–Kier alpha value is -4.12. The second-order valence-corrected chi connectivity index (χ2v) is 13.8. The fraction of sp³-hybridized carbons (Fsp3) is 0.278. The highest BCUT2D eigenvalue weighted by molar-refractivity contribution is 7.92. The maximum atomic E-state index is 14.6. The third-order valence-corrected chi connectivity index (χ3v) is 10.3. The molecule has 0 aliphatic heterocycles. The molecular formula is C36H38Cl2FN3O5S. The van der Waals surface area contributed by atoms with Crippen LogP contribution in [0.15, 0.2) is 102 Å². The average Bonchev–Trinajstić information content (AvgIpc) is 3.07. The lowest BCUT2D eigenvalue weighted by atomic mass is 10.0. The predicted octanol–water partition coefficient (Wildman–Crippen LogP) is 7.28. The number of carbonyl (C=O) groups is 2. The van der Waals surface area contributed by atoms with Gasteiger partial charge in [-0.1, -0.05) is 66.5 Å². The number of amides is 2. The Kier molecular flexibility index (Phi) is 12.9. The summed E-state index contributed by atoms with van der Waals surface area (Å²) in [5, 5.41) is 3.53. The van der Waals surface area contributed by atoms with E-state index in [-0.39, 0.29) is 39.6 Å². The van der Waals surface area contributed by atoms with Gasteiger partial charge in [0, 0.05) is 34.6 Å². The molecule has 0 heterocycles. The average molecular weight is 715 g/mol. The first kappa shape index (κ1) is 36.7. The fourth-order valence-electron chi connectivity index (χ4n) is 4.99. The number of benzene rings is 4. The summed E-state index contributed by atoms with van der Waals surface area (Å²) in [5.74, 6) is -1.24. The molecular weight excluding hydrogens is 676 g/mol. The molecule has 254 valence electrons. The Morgan fingerprint density at radius 2 is 1.50 bits per heavy atom. The smallest absolute Gasteiger partial charge is 0.264 e. The van der Waals surface area contributed by atoms with Crippen molar-refractivity contribution in [3.63, 3.8) is 0 Å². The van der Waals surface area contributed by atoms with E-state index in [0.29, 0.717) is 24.3 Å². The van der Waals surface area contributed by atoms with E-state index in [2.05, 4.69) is 5.32 Å². The molecule has 0 aromatic heterocycles. The van der Waals surface area contributed by atoms with Gasteiger partial charge in [-0.05, 0) is 86.5 Å². The van der Waals surface area contributed by atoms with Crippen molar-refractivity contribution < 1.29 is 27.1 Å². The van der Waals surface area contributed by atoms with Crippen LogP contribution in [0.25, 0.3) is 0 Å². The molecule has 48 heavy (non-hydrogen) atoms. The van der Waals surface area contributed by atoms with E-state index in [1.165, 1.54) is 41.3 Å². The minimum atomic E-state index is -4.39. The lowest BCUT2D eigenvalue weighted by Crippen LogP contribution is -2.54. The summed E-state index contributed by atoms with van der Waals surface area (Å²) < 4.78 is 48.8. The summed E-state index contributed by atoms with van der Waals surface area (Å²) in [6.07, 6.45) is 0.770. The molecule has 0 fully saturated rings. The van der Waals surface area contributed by atoms with Crippen molar-refractivity contribution in [2.45, 2.75) is 57.1 Å². The summed E-state index contributed by atoms with van der Waals surface area (Å²) in [6.45, 7) is 5.07. The summed E-state index contributed by atoms with van der Waals surface area (Å²) in [6, 6.07) is 23.4. The number of nitrogens with zero attached hydrogens (tertiary/aromatic N) is 2. The van der Waals surface area contributed by atoms with Crippen LogP contribution in [-0.4, -0.2) is 50.4 Å². The van der Waals surface area contributed by atoms with Crippen LogP contribution in [0.5, 0.6) is 5.75 Å². The third kappa shape index (κ3) is 9.27. The highest BCUT2D eigenvalue weighted by atomic mass is 35.5. The minimum absolute atomic E-state index is 0.0537. The second-order valence-electron chi connectivity index (χ2n) is 11.1. The van der Waals surface area contributed by atoms with E-state index < -0.39 is 40.2 Å². The van der Waals surface area contributed by atoms with Crippen LogP contribution in [0.4, 0.5) is 10.1 Å². The monoisotopic (exact) mass is 713 g/mol. The molecule has 2 atom stereocenters. The van der Waals surface area contributed by atoms with Crippen molar-refractivity contribution in [1.82, 2.24) is 10.2 Å². The second kappa shape index (κ2) is 16.8. The zero-order valence-electron chi connectivity index (χ0n) is 26.9. The maximum Gasteiger partial charge on any atom is 0.264 e. The van der Waals surface area contributed by atoms with E-state index in [4.69, 9.17) is 27.9 Å². The van der Waals surface area contributed by atoms with Gasteiger partial charge < -0.3 is 15.0 Å². The molecule has 0 saturated heterocycles. The normalized spacial score (nSPS) is 12.5. The number of carbonyl (C=O) groups excluding carboxylic acids is 2. The molecule has 1 N–H and O–H groups in total. The van der Waals surface area contributed by atoms with Crippen LogP contribution in [0, 0.1) is 5.82 Å². The number of rotatable bonds is 15. The van der Waals surface area contributed by atoms with Crippen LogP contribution in [-0.2, 0) is 32.6 Å². The largest absolute Gasteiger partial charge is 0.494 e. The van der Waals surface area contributed by atoms with E-state index in [0.717, 1.165) is 22.0 Å². The van der Waals surface area contributed by atoms with Gasteiger partial charge in [-0.15, -0.1) is 0 Å². The van der Waals surface area contributed by atoms with E-state index in [1.807, 2.05) is 51.1 Å². The Labute approximate surface area is 291 Å². The van der Waals surface area contributed by atoms with Gasteiger partial charge in [0.1, 0.15) is 24.2 Å². The zero-order chi connectivity index (χ0) is 34.8. The van der Waals surface area contributed by atoms with Crippen molar-refractivity contribution >= 4 is 50.7 Å². The van der Waals surface area contributed by atoms with Crippen LogP contribution >= 0.6 is 23.2 Å². The van der Waals surface area contributed by atoms with Gasteiger partial charge in [-0.25, -0.2) is 12.8 Å². The van der Waals surface area contributed by atoms with Gasteiger partial charge >= 0.3 is 0 Å². The SMILES string of the molecule is CCOc1ccc(S(=O)(=O)N(CC(=O)N(Cc2c(Cl)cccc2Cl)[C@H](Cc2ccccc2)C(=O)N[C@@H](C)CC)c2ccc(F)cc2)cc1. The summed E-state index contributed by atoms with van der Waals surface area (Å²) in [7, 11) is -4.39. The number of halogens is 3. The number of anilines is 1. The van der Waals surface area contributed by atoms with Crippen molar-refractivity contribution in [1.29, 1.82) is 0 Å². The van der Waals surface area contributed by atoms with Crippen LogP contribution in [0.3, 0.4) is 0 Å². The van der Waals surface area contributed by atoms with Gasteiger partial charge in [0.2, 0.25) is 11.8 Å². The van der Waals surface area contributed by atoms with Gasteiger partial charge in [0.25, 0.3) is 10.0 Å². The fourth-order valence-corrected chi connectivity index (χ4v) is 6.92. The molecule has 8 nitrogen and oxygen atoms in total. The van der Waals surface area contributed by atoms with Crippen molar-refractivity contribution in [3.05, 3.63) is 124 Å². The Balaban J connectivity index is 1.83. The highest BCUT2D eigenvalue weighted by Gasteiger charge is 2.35. The van der Waals surface area contributed by atoms with Gasteiger partial charge in [-0.3, -0.25) is 13.9 Å². The molecule has 0 saturated carbocycles. The molecule has 0 spiro atoms. The molecule has 4 rings (SSSR count). The molecule has 4 aromatic rings. The first-order chi connectivity index (χ1) is 22.9.